The van der Waals surface area contributed by atoms with E-state index in [1.54, 1.807) is 6.20 Å². The van der Waals surface area contributed by atoms with Crippen molar-refractivity contribution in [3.8, 4) is 0 Å². The smallest absolute Gasteiger partial charge is 0.274 e. The van der Waals surface area contributed by atoms with E-state index in [-0.39, 0.29) is 5.91 Å². The van der Waals surface area contributed by atoms with Gasteiger partial charge in [-0.3, -0.25) is 9.78 Å². The van der Waals surface area contributed by atoms with Crippen LogP contribution >= 0.6 is 0 Å². The van der Waals surface area contributed by atoms with Crippen molar-refractivity contribution in [1.29, 1.82) is 0 Å². The van der Waals surface area contributed by atoms with Gasteiger partial charge < -0.3 is 11.1 Å². The number of amides is 1. The van der Waals surface area contributed by atoms with E-state index in [2.05, 4.69) is 10.3 Å². The van der Waals surface area contributed by atoms with Crippen molar-refractivity contribution >= 4 is 17.3 Å². The maximum Gasteiger partial charge on any atom is 0.274 e. The Labute approximate surface area is 112 Å². The summed E-state index contributed by atoms with van der Waals surface area (Å²) >= 11 is 0. The lowest BCUT2D eigenvalue weighted by atomic mass is 10.1. The highest BCUT2D eigenvalue weighted by atomic mass is 16.1. The van der Waals surface area contributed by atoms with E-state index in [1.807, 2.05) is 45.0 Å². The number of aryl methyl sites for hydroxylation is 3. The predicted octanol–water partition coefficient (Wildman–Crippen LogP) is 2.84. The van der Waals surface area contributed by atoms with Crippen LogP contribution in [0, 0.1) is 20.8 Å². The molecule has 3 N–H and O–H groups in total. The van der Waals surface area contributed by atoms with E-state index in [0.29, 0.717) is 11.4 Å². The van der Waals surface area contributed by atoms with Gasteiger partial charge in [-0.2, -0.15) is 0 Å². The van der Waals surface area contributed by atoms with Gasteiger partial charge in [-0.25, -0.2) is 0 Å². The minimum atomic E-state index is -0.200. The van der Waals surface area contributed by atoms with Crippen molar-refractivity contribution in [2.24, 2.45) is 0 Å². The molecule has 0 atom stereocenters. The van der Waals surface area contributed by atoms with Crippen LogP contribution in [0.3, 0.4) is 0 Å². The number of nitrogens with one attached hydrogen (secondary N) is 1. The molecule has 1 heterocycles. The van der Waals surface area contributed by atoms with E-state index in [1.165, 1.54) is 0 Å². The zero-order chi connectivity index (χ0) is 14.0. The maximum absolute atomic E-state index is 12.2. The van der Waals surface area contributed by atoms with Gasteiger partial charge in [0, 0.05) is 17.6 Å². The summed E-state index contributed by atoms with van der Waals surface area (Å²) in [6, 6.07) is 7.36. The minimum absolute atomic E-state index is 0.200. The molecule has 2 aromatic rings. The summed E-state index contributed by atoms with van der Waals surface area (Å²) in [5.41, 5.74) is 10.4. The number of aromatic nitrogens is 1. The van der Waals surface area contributed by atoms with Crippen molar-refractivity contribution in [1.82, 2.24) is 4.98 Å². The summed E-state index contributed by atoms with van der Waals surface area (Å²) in [5.74, 6) is -0.200. The monoisotopic (exact) mass is 255 g/mol. The molecule has 0 unspecified atom stereocenters. The number of nitrogens with zero attached hydrogens (tertiary/aromatic N) is 1. The normalized spacial score (nSPS) is 10.3. The lowest BCUT2D eigenvalue weighted by Crippen LogP contribution is -2.16. The van der Waals surface area contributed by atoms with Gasteiger partial charge in [0.2, 0.25) is 0 Å². The fourth-order valence-corrected chi connectivity index (χ4v) is 2.09. The number of nitrogens with two attached hydrogens (primary N) is 1. The average Bonchev–Trinajstić information content (AvgIpc) is 2.34. The molecule has 0 spiro atoms. The molecule has 1 amide bonds. The third-order valence-corrected chi connectivity index (χ3v) is 3.02. The third-order valence-electron chi connectivity index (χ3n) is 3.02. The van der Waals surface area contributed by atoms with Crippen LogP contribution < -0.4 is 11.1 Å². The minimum Gasteiger partial charge on any atom is -0.399 e. The fraction of sp³-hybridized carbons (Fsp3) is 0.200. The number of carbonyl (C=O) groups excluding carboxylic acids is 1. The number of hydrogen-bond acceptors (Lipinski definition) is 3. The Balaban J connectivity index is 2.32. The van der Waals surface area contributed by atoms with E-state index in [0.717, 1.165) is 22.4 Å². The van der Waals surface area contributed by atoms with Crippen molar-refractivity contribution in [2.75, 3.05) is 11.1 Å². The summed E-state index contributed by atoms with van der Waals surface area (Å²) in [6.07, 6.45) is 1.62. The summed E-state index contributed by atoms with van der Waals surface area (Å²) in [4.78, 5) is 16.3. The van der Waals surface area contributed by atoms with E-state index < -0.39 is 0 Å². The van der Waals surface area contributed by atoms with Crippen LogP contribution in [0.5, 0.6) is 0 Å². The molecule has 0 fully saturated rings. The summed E-state index contributed by atoms with van der Waals surface area (Å²) in [5, 5.41) is 2.91. The largest absolute Gasteiger partial charge is 0.399 e. The molecule has 0 radical (unpaired) electrons. The lowest BCUT2D eigenvalue weighted by molar-refractivity contribution is 0.102. The number of nitrogen functional groups attached to an aromatic ring is 1. The molecule has 1 aromatic heterocycles. The van der Waals surface area contributed by atoms with Crippen molar-refractivity contribution in [2.45, 2.75) is 20.8 Å². The first-order valence-electron chi connectivity index (χ1n) is 6.08. The fourth-order valence-electron chi connectivity index (χ4n) is 2.09. The first-order valence-corrected chi connectivity index (χ1v) is 6.08. The van der Waals surface area contributed by atoms with E-state index >= 15 is 0 Å². The molecule has 0 aliphatic carbocycles. The summed E-state index contributed by atoms with van der Waals surface area (Å²) in [6.45, 7) is 5.71. The first kappa shape index (κ1) is 13.1. The van der Waals surface area contributed by atoms with Crippen LogP contribution in [0.25, 0.3) is 0 Å². The second-order valence-corrected chi connectivity index (χ2v) is 4.65. The van der Waals surface area contributed by atoms with Gasteiger partial charge in [0.15, 0.2) is 0 Å². The standard InChI is InChI=1S/C15H17N3O/c1-9-5-4-6-17-14(9)15(19)18-13-10(2)7-12(16)8-11(13)3/h4-8H,16H2,1-3H3,(H,18,19). The van der Waals surface area contributed by atoms with Gasteiger partial charge >= 0.3 is 0 Å². The Morgan fingerprint density at radius 1 is 1.16 bits per heavy atom. The van der Waals surface area contributed by atoms with Crippen LogP contribution in [0.2, 0.25) is 0 Å². The molecule has 98 valence electrons. The van der Waals surface area contributed by atoms with Crippen LogP contribution in [-0.2, 0) is 0 Å². The third kappa shape index (κ3) is 2.73. The Kier molecular flexibility index (Phi) is 3.51. The Bertz CT molecular complexity index is 612. The van der Waals surface area contributed by atoms with Crippen LogP contribution in [0.15, 0.2) is 30.5 Å². The van der Waals surface area contributed by atoms with Gasteiger partial charge in [0.25, 0.3) is 5.91 Å². The van der Waals surface area contributed by atoms with Gasteiger partial charge in [-0.05, 0) is 55.7 Å². The second-order valence-electron chi connectivity index (χ2n) is 4.65. The molecule has 0 bridgehead atoms. The highest BCUT2D eigenvalue weighted by Gasteiger charge is 2.13. The van der Waals surface area contributed by atoms with Crippen molar-refractivity contribution in [3.63, 3.8) is 0 Å². The molecule has 4 heteroatoms. The maximum atomic E-state index is 12.2. The van der Waals surface area contributed by atoms with Crippen molar-refractivity contribution in [3.05, 3.63) is 52.8 Å². The van der Waals surface area contributed by atoms with E-state index in [9.17, 15) is 4.79 Å². The number of carbonyl (C=O) groups is 1. The topological polar surface area (TPSA) is 68.0 Å². The molecule has 0 aliphatic rings. The Morgan fingerprint density at radius 3 is 2.37 bits per heavy atom. The molecule has 0 aliphatic heterocycles. The number of pyridine rings is 1. The van der Waals surface area contributed by atoms with Gasteiger partial charge in [-0.1, -0.05) is 6.07 Å². The molecule has 2 rings (SSSR count). The Hall–Kier alpha value is -2.36. The summed E-state index contributed by atoms with van der Waals surface area (Å²) in [7, 11) is 0. The quantitative estimate of drug-likeness (QED) is 0.811. The van der Waals surface area contributed by atoms with Crippen LogP contribution in [0.1, 0.15) is 27.2 Å². The highest BCUT2D eigenvalue weighted by Crippen LogP contribution is 2.24. The average molecular weight is 255 g/mol. The van der Waals surface area contributed by atoms with Gasteiger partial charge in [-0.15, -0.1) is 0 Å². The summed E-state index contributed by atoms with van der Waals surface area (Å²) < 4.78 is 0. The van der Waals surface area contributed by atoms with E-state index in [4.69, 9.17) is 5.73 Å². The molecular formula is C15H17N3O. The van der Waals surface area contributed by atoms with Crippen molar-refractivity contribution < 1.29 is 4.79 Å². The number of benzene rings is 1. The Morgan fingerprint density at radius 2 is 1.79 bits per heavy atom. The molecule has 1 aromatic carbocycles. The number of anilines is 2. The zero-order valence-corrected chi connectivity index (χ0v) is 11.3. The zero-order valence-electron chi connectivity index (χ0n) is 11.3. The molecule has 0 saturated carbocycles. The SMILES string of the molecule is Cc1cccnc1C(=O)Nc1c(C)cc(N)cc1C. The van der Waals surface area contributed by atoms with Crippen LogP contribution in [-0.4, -0.2) is 10.9 Å². The molecule has 4 nitrogen and oxygen atoms in total. The first-order chi connectivity index (χ1) is 8.99. The number of rotatable bonds is 2. The van der Waals surface area contributed by atoms with Gasteiger partial charge in [0.1, 0.15) is 5.69 Å². The second kappa shape index (κ2) is 5.10. The number of hydrogen-bond donors (Lipinski definition) is 2. The molecule has 19 heavy (non-hydrogen) atoms. The molecule has 0 saturated heterocycles. The van der Waals surface area contributed by atoms with Gasteiger partial charge in [0.05, 0.1) is 0 Å². The molecular weight excluding hydrogens is 238 g/mol. The highest BCUT2D eigenvalue weighted by molar-refractivity contribution is 6.04. The lowest BCUT2D eigenvalue weighted by Gasteiger charge is -2.13. The predicted molar refractivity (Wildman–Crippen MR) is 77.3 cm³/mol. The van der Waals surface area contributed by atoms with Crippen LogP contribution in [0.4, 0.5) is 11.4 Å².